The molecule has 8 nitrogen and oxygen atoms in total. The minimum absolute atomic E-state index is 0.0130. The maximum atomic E-state index is 12.4. The number of nitrogens with zero attached hydrogens (tertiary/aromatic N) is 1. The Hall–Kier alpha value is -2.82. The molecular weight excluding hydrogens is 464 g/mol. The van der Waals surface area contributed by atoms with Gasteiger partial charge in [0.05, 0.1) is 6.61 Å². The van der Waals surface area contributed by atoms with Gasteiger partial charge in [-0.2, -0.15) is 0 Å². The van der Waals surface area contributed by atoms with E-state index in [1.165, 1.54) is 6.20 Å². The third kappa shape index (κ3) is 4.57. The Labute approximate surface area is 204 Å². The van der Waals surface area contributed by atoms with Gasteiger partial charge in [0.1, 0.15) is 18.3 Å². The molecule has 3 aromatic rings. The van der Waals surface area contributed by atoms with Gasteiger partial charge < -0.3 is 19.4 Å². The Morgan fingerprint density at radius 1 is 0.971 bits per heavy atom. The Kier molecular flexibility index (Phi) is 6.99. The molecule has 4 atom stereocenters. The lowest BCUT2D eigenvalue weighted by molar-refractivity contribution is -0.0528. The molecule has 0 bridgehead atoms. The Bertz CT molecular complexity index is 1230. The SMILES string of the molecule is Cc1cn([C@@H]2O[C@H](CO[Si](c3ccccc3)(c3ccccc3)C(C)(C)C)[C@@H](O)[C@H]2O)c(=O)[nH]c1=O. The van der Waals surface area contributed by atoms with Crippen molar-refractivity contribution in [3.05, 3.63) is 93.3 Å². The minimum Gasteiger partial charge on any atom is -0.405 e. The predicted octanol–water partition coefficient (Wildman–Crippen LogP) is 1.04. The summed E-state index contributed by atoms with van der Waals surface area (Å²) < 4.78 is 13.9. The molecule has 9 heteroatoms. The second-order valence-electron chi connectivity index (χ2n) is 10.00. The third-order valence-corrected chi connectivity index (χ3v) is 11.6. The first kappa shape index (κ1) is 25.3. The number of hydrogen-bond donors (Lipinski definition) is 3. The number of hydrogen-bond acceptors (Lipinski definition) is 6. The number of rotatable bonds is 6. The maximum Gasteiger partial charge on any atom is 0.330 e. The van der Waals surface area contributed by atoms with Crippen LogP contribution in [-0.4, -0.2) is 53.0 Å². The first-order chi connectivity index (χ1) is 16.6. The summed E-state index contributed by atoms with van der Waals surface area (Å²) in [7, 11) is -2.89. The molecule has 186 valence electrons. The number of nitrogens with one attached hydrogen (secondary N) is 1. The highest BCUT2D eigenvalue weighted by Gasteiger charge is 2.52. The first-order valence-electron chi connectivity index (χ1n) is 11.6. The van der Waals surface area contributed by atoms with Gasteiger partial charge in [-0.15, -0.1) is 0 Å². The van der Waals surface area contributed by atoms with Crippen LogP contribution in [0.2, 0.25) is 5.04 Å². The summed E-state index contributed by atoms with van der Waals surface area (Å²) in [5, 5.41) is 23.4. The molecule has 2 aromatic carbocycles. The normalized spacial score (nSPS) is 22.9. The van der Waals surface area contributed by atoms with Gasteiger partial charge >= 0.3 is 5.69 Å². The molecule has 35 heavy (non-hydrogen) atoms. The van der Waals surface area contributed by atoms with Crippen LogP contribution in [0.15, 0.2) is 76.4 Å². The number of H-pyrrole nitrogens is 1. The Balaban J connectivity index is 1.69. The molecular formula is C26H32N2O6Si. The molecule has 0 aliphatic carbocycles. The maximum absolute atomic E-state index is 12.4. The van der Waals surface area contributed by atoms with Crippen LogP contribution in [0.4, 0.5) is 0 Å². The summed E-state index contributed by atoms with van der Waals surface area (Å²) >= 11 is 0. The van der Waals surface area contributed by atoms with Crippen LogP contribution in [0.1, 0.15) is 32.6 Å². The van der Waals surface area contributed by atoms with Crippen molar-refractivity contribution in [1.29, 1.82) is 0 Å². The number of aliphatic hydroxyl groups excluding tert-OH is 2. The van der Waals surface area contributed by atoms with Crippen molar-refractivity contribution in [2.45, 2.75) is 57.3 Å². The standard InChI is InChI=1S/C26H32N2O6Si/c1-17-15-28(25(32)27-23(17)31)24-22(30)21(29)20(34-24)16-33-35(26(2,3)4,18-11-7-5-8-12-18)19-13-9-6-10-14-19/h5-15,20-22,24,29-30H,16H2,1-4H3,(H,27,31,32)/t20-,21-,22-,24-/m1/s1. The van der Waals surface area contributed by atoms with Gasteiger partial charge in [-0.25, -0.2) is 4.79 Å². The van der Waals surface area contributed by atoms with Crippen LogP contribution in [0, 0.1) is 6.92 Å². The largest absolute Gasteiger partial charge is 0.405 e. The lowest BCUT2D eigenvalue weighted by atomic mass is 10.1. The molecule has 1 aliphatic rings. The van der Waals surface area contributed by atoms with Gasteiger partial charge in [0.15, 0.2) is 6.23 Å². The smallest absolute Gasteiger partial charge is 0.330 e. The fourth-order valence-corrected chi connectivity index (χ4v) is 9.41. The monoisotopic (exact) mass is 496 g/mol. The van der Waals surface area contributed by atoms with Crippen molar-refractivity contribution >= 4 is 18.7 Å². The van der Waals surface area contributed by atoms with E-state index < -0.39 is 44.1 Å². The molecule has 0 amide bonds. The van der Waals surface area contributed by atoms with Crippen LogP contribution in [0.25, 0.3) is 0 Å². The summed E-state index contributed by atoms with van der Waals surface area (Å²) in [6, 6.07) is 20.1. The Morgan fingerprint density at radius 2 is 1.51 bits per heavy atom. The lowest BCUT2D eigenvalue weighted by Gasteiger charge is -2.43. The second-order valence-corrected chi connectivity index (χ2v) is 14.3. The highest BCUT2D eigenvalue weighted by atomic mass is 28.4. The highest BCUT2D eigenvalue weighted by molar-refractivity contribution is 6.99. The molecule has 3 N–H and O–H groups in total. The van der Waals surface area contributed by atoms with Crippen LogP contribution < -0.4 is 21.6 Å². The van der Waals surface area contributed by atoms with E-state index in [2.05, 4.69) is 50.0 Å². The van der Waals surface area contributed by atoms with E-state index in [1.54, 1.807) is 6.92 Å². The van der Waals surface area contributed by atoms with Gasteiger partial charge in [0, 0.05) is 11.8 Å². The molecule has 4 rings (SSSR count). The number of benzene rings is 2. The zero-order valence-corrected chi connectivity index (χ0v) is 21.3. The average Bonchev–Trinajstić information content (AvgIpc) is 3.11. The average molecular weight is 497 g/mol. The van der Waals surface area contributed by atoms with E-state index in [4.69, 9.17) is 9.16 Å². The number of ether oxygens (including phenoxy) is 1. The number of aromatic amines is 1. The van der Waals surface area contributed by atoms with Gasteiger partial charge in [-0.1, -0.05) is 81.4 Å². The second kappa shape index (κ2) is 9.67. The van der Waals surface area contributed by atoms with Crippen molar-refractivity contribution in [2.75, 3.05) is 6.61 Å². The molecule has 0 unspecified atom stereocenters. The van der Waals surface area contributed by atoms with Crippen LogP contribution in [-0.2, 0) is 9.16 Å². The van der Waals surface area contributed by atoms with E-state index in [9.17, 15) is 19.8 Å². The number of aliphatic hydroxyl groups is 2. The molecule has 0 saturated carbocycles. The van der Waals surface area contributed by atoms with E-state index in [0.29, 0.717) is 5.56 Å². The van der Waals surface area contributed by atoms with Crippen molar-refractivity contribution < 1.29 is 19.4 Å². The Morgan fingerprint density at radius 3 is 2.03 bits per heavy atom. The van der Waals surface area contributed by atoms with Gasteiger partial charge in [-0.05, 0) is 22.3 Å². The number of aryl methyl sites for hydroxylation is 1. The predicted molar refractivity (Wildman–Crippen MR) is 136 cm³/mol. The van der Waals surface area contributed by atoms with Gasteiger partial charge in [-0.3, -0.25) is 14.3 Å². The zero-order valence-electron chi connectivity index (χ0n) is 20.3. The fourth-order valence-electron chi connectivity index (χ4n) is 4.84. The summed E-state index contributed by atoms with van der Waals surface area (Å²) in [4.78, 5) is 26.3. The lowest BCUT2D eigenvalue weighted by Crippen LogP contribution is -2.67. The third-order valence-electron chi connectivity index (χ3n) is 6.64. The quantitative estimate of drug-likeness (QED) is 0.440. The van der Waals surface area contributed by atoms with Gasteiger partial charge in [0.25, 0.3) is 13.9 Å². The first-order valence-corrected chi connectivity index (χ1v) is 13.6. The topological polar surface area (TPSA) is 114 Å². The van der Waals surface area contributed by atoms with E-state index in [-0.39, 0.29) is 11.6 Å². The van der Waals surface area contributed by atoms with Gasteiger partial charge in [0.2, 0.25) is 0 Å². The summed E-state index contributed by atoms with van der Waals surface area (Å²) in [5.74, 6) is 0. The van der Waals surface area contributed by atoms with Crippen LogP contribution in [0.3, 0.4) is 0 Å². The summed E-state index contributed by atoms with van der Waals surface area (Å²) in [6.45, 7) is 8.00. The molecule has 1 aromatic heterocycles. The summed E-state index contributed by atoms with van der Waals surface area (Å²) in [6.07, 6.45) is -3.35. The zero-order chi connectivity index (χ0) is 25.4. The highest BCUT2D eigenvalue weighted by Crippen LogP contribution is 2.38. The fraction of sp³-hybridized carbons (Fsp3) is 0.385. The minimum atomic E-state index is -2.89. The van der Waals surface area contributed by atoms with E-state index >= 15 is 0 Å². The molecule has 0 radical (unpaired) electrons. The van der Waals surface area contributed by atoms with Crippen molar-refractivity contribution in [1.82, 2.24) is 9.55 Å². The van der Waals surface area contributed by atoms with Crippen LogP contribution >= 0.6 is 0 Å². The molecule has 1 fully saturated rings. The summed E-state index contributed by atoms with van der Waals surface area (Å²) in [5.41, 5.74) is -0.932. The molecule has 0 spiro atoms. The van der Waals surface area contributed by atoms with Crippen LogP contribution in [0.5, 0.6) is 0 Å². The van der Waals surface area contributed by atoms with Crippen molar-refractivity contribution in [3.63, 3.8) is 0 Å². The number of aromatic nitrogens is 2. The molecule has 1 aliphatic heterocycles. The molecule has 1 saturated heterocycles. The van der Waals surface area contributed by atoms with E-state index in [1.807, 2.05) is 36.4 Å². The van der Waals surface area contributed by atoms with Crippen molar-refractivity contribution in [3.8, 4) is 0 Å². The van der Waals surface area contributed by atoms with Crippen molar-refractivity contribution in [2.24, 2.45) is 0 Å². The molecule has 2 heterocycles. The van der Waals surface area contributed by atoms with E-state index in [0.717, 1.165) is 14.9 Å².